The van der Waals surface area contributed by atoms with Gasteiger partial charge < -0.3 is 18.9 Å². The number of nitrogens with zero attached hydrogens (tertiary/aromatic N) is 4. The van der Waals surface area contributed by atoms with Gasteiger partial charge in [0.15, 0.2) is 0 Å². The molecule has 0 radical (unpaired) electrons. The molecule has 268 valence electrons. The summed E-state index contributed by atoms with van der Waals surface area (Å²) >= 11 is 0. The number of aryl methyl sites for hydroxylation is 4. The molecule has 0 saturated carbocycles. The van der Waals surface area contributed by atoms with E-state index in [1.165, 1.54) is 144 Å². The maximum Gasteiger partial charge on any atom is 0.251 e. The van der Waals surface area contributed by atoms with Crippen LogP contribution in [-0.2, 0) is 0 Å². The first-order chi connectivity index (χ1) is 28.4. The van der Waals surface area contributed by atoms with Gasteiger partial charge in [0.1, 0.15) is 0 Å². The Kier molecular flexibility index (Phi) is 5.10. The summed E-state index contributed by atoms with van der Waals surface area (Å²) in [5.74, 6) is 0. The van der Waals surface area contributed by atoms with E-state index in [1.807, 2.05) is 0 Å². The Hall–Kier alpha value is -6.91. The summed E-state index contributed by atoms with van der Waals surface area (Å²) in [5.41, 5.74) is 29.3. The van der Waals surface area contributed by atoms with Crippen LogP contribution < -0.4 is 42.6 Å². The first kappa shape index (κ1) is 30.3. The van der Waals surface area contributed by atoms with Gasteiger partial charge in [-0.1, -0.05) is 64.7 Å². The molecule has 5 aliphatic rings. The number of hydrogen-bond donors (Lipinski definition) is 0. The minimum absolute atomic E-state index is 0.0756. The fourth-order valence-electron chi connectivity index (χ4n) is 12.2. The van der Waals surface area contributed by atoms with Gasteiger partial charge in [-0.05, 0) is 151 Å². The molecule has 5 aliphatic heterocycles. The molecule has 4 nitrogen and oxygen atoms in total. The largest absolute Gasteiger partial charge is 0.311 e. The molecule has 0 unspecified atom stereocenters. The molecular weight excluding hydrogens is 702 g/mol. The highest BCUT2D eigenvalue weighted by atomic mass is 15.2. The lowest BCUT2D eigenvalue weighted by Crippen LogP contribution is -2.80. The number of fused-ring (bicyclic) bond motifs is 8. The molecule has 58 heavy (non-hydrogen) atoms. The Labute approximate surface area is 336 Å². The summed E-state index contributed by atoms with van der Waals surface area (Å²) in [7, 11) is 0. The number of anilines is 6. The zero-order chi connectivity index (χ0) is 38.0. The summed E-state index contributed by atoms with van der Waals surface area (Å²) in [5, 5.41) is 5.39. The first-order valence-electron chi connectivity index (χ1n) is 20.7. The van der Waals surface area contributed by atoms with Crippen molar-refractivity contribution < 1.29 is 0 Å². The van der Waals surface area contributed by atoms with Gasteiger partial charge in [0, 0.05) is 67.0 Å². The number of benzene rings is 8. The van der Waals surface area contributed by atoms with Crippen LogP contribution in [-0.4, -0.2) is 22.6 Å². The number of rotatable bonds is 2. The number of aromatic nitrogens is 2. The lowest BCUT2D eigenvalue weighted by atomic mass is 9.18. The molecule has 0 fully saturated rings. The van der Waals surface area contributed by atoms with E-state index in [0.29, 0.717) is 0 Å². The first-order valence-corrected chi connectivity index (χ1v) is 20.7. The lowest BCUT2D eigenvalue weighted by Gasteiger charge is -2.50. The smallest absolute Gasteiger partial charge is 0.251 e. The van der Waals surface area contributed by atoms with Crippen molar-refractivity contribution >= 4 is 124 Å². The molecular formula is C52H34B2N4. The highest BCUT2D eigenvalue weighted by Crippen LogP contribution is 2.48. The van der Waals surface area contributed by atoms with Gasteiger partial charge in [0.05, 0.1) is 22.1 Å². The molecule has 2 aromatic heterocycles. The molecule has 0 aliphatic carbocycles. The molecule has 0 spiro atoms. The average molecular weight is 736 g/mol. The summed E-state index contributed by atoms with van der Waals surface area (Å²) in [6.07, 6.45) is 0. The van der Waals surface area contributed by atoms with Crippen molar-refractivity contribution in [2.24, 2.45) is 0 Å². The SMILES string of the molecule is Cc1ccc(N2c3cccc4c3B3c5c2ccc2c5B5c6c(ccc(c63)N4c3ccc(C)cc3)-n3c4ccc(C)cc4c4cc6c7cc(C)ccc7n-2c6c5c43)cc1. The summed E-state index contributed by atoms with van der Waals surface area (Å²) < 4.78 is 5.30. The summed E-state index contributed by atoms with van der Waals surface area (Å²) in [4.78, 5) is 5.14. The van der Waals surface area contributed by atoms with Crippen molar-refractivity contribution in [3.63, 3.8) is 0 Å². The molecule has 15 rings (SSSR count). The van der Waals surface area contributed by atoms with E-state index < -0.39 is 0 Å². The quantitative estimate of drug-likeness (QED) is 0.165. The third-order valence-corrected chi connectivity index (χ3v) is 14.4. The van der Waals surface area contributed by atoms with Gasteiger partial charge in [-0.25, -0.2) is 0 Å². The second-order valence-corrected chi connectivity index (χ2v) is 17.6. The van der Waals surface area contributed by atoms with Gasteiger partial charge in [-0.3, -0.25) is 0 Å². The van der Waals surface area contributed by atoms with Crippen LogP contribution in [0.4, 0.5) is 34.1 Å². The van der Waals surface area contributed by atoms with E-state index in [9.17, 15) is 0 Å². The second kappa shape index (κ2) is 9.78. The third kappa shape index (κ3) is 3.24. The van der Waals surface area contributed by atoms with Crippen LogP contribution in [0.25, 0.3) is 55.0 Å². The monoisotopic (exact) mass is 736 g/mol. The average Bonchev–Trinajstić information content (AvgIpc) is 3.74. The van der Waals surface area contributed by atoms with Gasteiger partial charge in [0.2, 0.25) is 0 Å². The highest BCUT2D eigenvalue weighted by Gasteiger charge is 2.55. The van der Waals surface area contributed by atoms with Crippen LogP contribution in [0.1, 0.15) is 22.3 Å². The topological polar surface area (TPSA) is 16.3 Å². The van der Waals surface area contributed by atoms with E-state index in [1.54, 1.807) is 0 Å². The molecule has 6 heteroatoms. The van der Waals surface area contributed by atoms with E-state index in [4.69, 9.17) is 0 Å². The highest BCUT2D eigenvalue weighted by molar-refractivity contribution is 7.15. The normalized spacial score (nSPS) is 14.4. The molecule has 7 heterocycles. The summed E-state index contributed by atoms with van der Waals surface area (Å²) in [6, 6.07) is 51.8. The van der Waals surface area contributed by atoms with Crippen molar-refractivity contribution in [3.05, 3.63) is 156 Å². The minimum atomic E-state index is 0.0756. The summed E-state index contributed by atoms with van der Waals surface area (Å²) in [6.45, 7) is 9.00. The van der Waals surface area contributed by atoms with E-state index in [2.05, 4.69) is 180 Å². The Morgan fingerprint density at radius 1 is 0.328 bits per heavy atom. The standard InChI is InChI=1S/C52H34B2N4/c1-27-8-14-31(15-9-27)55-39-6-5-7-40-45(39)53-46-41(55)20-22-43-48(46)54-49-44(23-21-42(47(49)53)56(40)32-16-10-28(2)11-17-32)58-38-19-13-30(4)25-34(38)36-26-35-33-24-29(3)12-18-37(33)57(43)51(35)50(54)52(36)58/h5-26H,1-4H3. The maximum atomic E-state index is 2.65. The van der Waals surface area contributed by atoms with Crippen molar-refractivity contribution in [3.8, 4) is 11.4 Å². The van der Waals surface area contributed by atoms with E-state index in [0.717, 1.165) is 0 Å². The molecule has 0 atom stereocenters. The second-order valence-electron chi connectivity index (χ2n) is 17.6. The van der Waals surface area contributed by atoms with Crippen LogP contribution in [0, 0.1) is 27.7 Å². The zero-order valence-corrected chi connectivity index (χ0v) is 32.6. The van der Waals surface area contributed by atoms with Crippen molar-refractivity contribution in [1.82, 2.24) is 9.13 Å². The predicted molar refractivity (Wildman–Crippen MR) is 246 cm³/mol. The zero-order valence-electron chi connectivity index (χ0n) is 32.6. The predicted octanol–water partition coefficient (Wildman–Crippen LogP) is 8.65. The Morgan fingerprint density at radius 2 is 0.724 bits per heavy atom. The Bertz CT molecular complexity index is 3400. The molecule has 0 N–H and O–H groups in total. The molecule has 10 aromatic rings. The fraction of sp³-hybridized carbons (Fsp3) is 0.0769. The van der Waals surface area contributed by atoms with Gasteiger partial charge in [-0.2, -0.15) is 0 Å². The minimum Gasteiger partial charge on any atom is -0.311 e. The van der Waals surface area contributed by atoms with E-state index in [-0.39, 0.29) is 13.4 Å². The van der Waals surface area contributed by atoms with E-state index >= 15 is 0 Å². The van der Waals surface area contributed by atoms with Crippen molar-refractivity contribution in [1.29, 1.82) is 0 Å². The molecule has 0 amide bonds. The van der Waals surface area contributed by atoms with Crippen LogP contribution in [0.2, 0.25) is 0 Å². The Morgan fingerprint density at radius 3 is 1.21 bits per heavy atom. The molecule has 0 bridgehead atoms. The maximum absolute atomic E-state index is 2.65. The van der Waals surface area contributed by atoms with Crippen molar-refractivity contribution in [2.75, 3.05) is 9.80 Å². The van der Waals surface area contributed by atoms with Gasteiger partial charge in [0.25, 0.3) is 13.4 Å². The fourth-order valence-corrected chi connectivity index (χ4v) is 12.2. The molecule has 0 saturated heterocycles. The molecule has 8 aromatic carbocycles. The Balaban J connectivity index is 1.20. The van der Waals surface area contributed by atoms with Crippen molar-refractivity contribution in [2.45, 2.75) is 27.7 Å². The van der Waals surface area contributed by atoms with Crippen LogP contribution in [0.3, 0.4) is 0 Å². The number of hydrogen-bond acceptors (Lipinski definition) is 2. The van der Waals surface area contributed by atoms with Gasteiger partial charge in [-0.15, -0.1) is 0 Å². The third-order valence-electron chi connectivity index (χ3n) is 14.4. The van der Waals surface area contributed by atoms with Crippen LogP contribution in [0.5, 0.6) is 0 Å². The van der Waals surface area contributed by atoms with Crippen LogP contribution >= 0.6 is 0 Å². The lowest BCUT2D eigenvalue weighted by molar-refractivity contribution is 1.16. The van der Waals surface area contributed by atoms with Crippen LogP contribution in [0.15, 0.2) is 133 Å². The van der Waals surface area contributed by atoms with Gasteiger partial charge >= 0.3 is 0 Å².